The Morgan fingerprint density at radius 2 is 2.16 bits per heavy atom. The first kappa shape index (κ1) is 13.6. The highest BCUT2D eigenvalue weighted by atomic mass is 32.2. The number of hydrogen-bond donors (Lipinski definition) is 1. The van der Waals surface area contributed by atoms with E-state index in [2.05, 4.69) is 15.5 Å². The molecule has 0 fully saturated rings. The van der Waals surface area contributed by atoms with Crippen LogP contribution in [0.25, 0.3) is 0 Å². The SMILES string of the molecule is CSC(C)c1nc(CC(=O)Nc2ccccc2)no1. The number of para-hydroxylation sites is 1. The summed E-state index contributed by atoms with van der Waals surface area (Å²) >= 11 is 1.62. The minimum Gasteiger partial charge on any atom is -0.338 e. The molecule has 100 valence electrons. The van der Waals surface area contributed by atoms with Gasteiger partial charge in [-0.05, 0) is 25.3 Å². The Kier molecular flexibility index (Phi) is 4.57. The van der Waals surface area contributed by atoms with E-state index in [4.69, 9.17) is 4.52 Å². The molecule has 1 aromatic heterocycles. The van der Waals surface area contributed by atoms with E-state index >= 15 is 0 Å². The van der Waals surface area contributed by atoms with E-state index in [0.717, 1.165) is 5.69 Å². The fourth-order valence-electron chi connectivity index (χ4n) is 1.48. The van der Waals surface area contributed by atoms with Gasteiger partial charge in [0.25, 0.3) is 0 Å². The molecule has 2 rings (SSSR count). The molecule has 0 aliphatic rings. The van der Waals surface area contributed by atoms with Gasteiger partial charge in [-0.1, -0.05) is 23.4 Å². The van der Waals surface area contributed by atoms with Crippen molar-refractivity contribution in [2.24, 2.45) is 0 Å². The van der Waals surface area contributed by atoms with Crippen LogP contribution in [0.3, 0.4) is 0 Å². The van der Waals surface area contributed by atoms with Gasteiger partial charge >= 0.3 is 0 Å². The fraction of sp³-hybridized carbons (Fsp3) is 0.308. The lowest BCUT2D eigenvalue weighted by Gasteiger charge is -2.02. The zero-order chi connectivity index (χ0) is 13.7. The first-order chi connectivity index (χ1) is 9.19. The van der Waals surface area contributed by atoms with Gasteiger partial charge in [0.1, 0.15) is 0 Å². The Morgan fingerprint density at radius 3 is 2.84 bits per heavy atom. The number of anilines is 1. The summed E-state index contributed by atoms with van der Waals surface area (Å²) in [6.07, 6.45) is 2.08. The molecule has 0 saturated heterocycles. The van der Waals surface area contributed by atoms with E-state index in [1.165, 1.54) is 0 Å². The van der Waals surface area contributed by atoms with Gasteiger partial charge in [-0.25, -0.2) is 0 Å². The van der Waals surface area contributed by atoms with E-state index in [0.29, 0.717) is 11.7 Å². The summed E-state index contributed by atoms with van der Waals surface area (Å²) in [6, 6.07) is 9.28. The smallest absolute Gasteiger partial charge is 0.239 e. The molecule has 2 aromatic rings. The average molecular weight is 277 g/mol. The van der Waals surface area contributed by atoms with Gasteiger partial charge in [0, 0.05) is 5.69 Å². The molecule has 0 spiro atoms. The van der Waals surface area contributed by atoms with Crippen LogP contribution in [0.2, 0.25) is 0 Å². The number of carbonyl (C=O) groups excluding carboxylic acids is 1. The van der Waals surface area contributed by atoms with E-state index in [-0.39, 0.29) is 17.6 Å². The van der Waals surface area contributed by atoms with Crippen molar-refractivity contribution in [3.63, 3.8) is 0 Å². The lowest BCUT2D eigenvalue weighted by Crippen LogP contribution is -2.15. The lowest BCUT2D eigenvalue weighted by molar-refractivity contribution is -0.115. The van der Waals surface area contributed by atoms with Gasteiger partial charge in [0.15, 0.2) is 5.82 Å². The summed E-state index contributed by atoms with van der Waals surface area (Å²) in [5.41, 5.74) is 0.758. The van der Waals surface area contributed by atoms with Crippen LogP contribution in [0.1, 0.15) is 23.9 Å². The molecular weight excluding hydrogens is 262 g/mol. The van der Waals surface area contributed by atoms with E-state index in [1.807, 2.05) is 43.5 Å². The van der Waals surface area contributed by atoms with Crippen molar-refractivity contribution in [3.05, 3.63) is 42.0 Å². The number of nitrogens with one attached hydrogen (secondary N) is 1. The summed E-state index contributed by atoms with van der Waals surface area (Å²) in [7, 11) is 0. The molecule has 1 N–H and O–H groups in total. The molecule has 1 amide bonds. The molecule has 0 saturated carbocycles. The highest BCUT2D eigenvalue weighted by Crippen LogP contribution is 2.23. The Balaban J connectivity index is 1.94. The zero-order valence-electron chi connectivity index (χ0n) is 10.8. The number of nitrogens with zero attached hydrogens (tertiary/aromatic N) is 2. The van der Waals surface area contributed by atoms with Crippen molar-refractivity contribution >= 4 is 23.4 Å². The maximum Gasteiger partial charge on any atom is 0.239 e. The highest BCUT2D eigenvalue weighted by Gasteiger charge is 2.15. The molecule has 0 radical (unpaired) electrons. The zero-order valence-corrected chi connectivity index (χ0v) is 11.6. The molecule has 19 heavy (non-hydrogen) atoms. The minimum absolute atomic E-state index is 0.111. The molecule has 0 aliphatic carbocycles. The molecule has 1 aromatic carbocycles. The normalized spacial score (nSPS) is 12.1. The number of rotatable bonds is 5. The predicted molar refractivity (Wildman–Crippen MR) is 75.0 cm³/mol. The molecule has 0 bridgehead atoms. The first-order valence-electron chi connectivity index (χ1n) is 5.89. The lowest BCUT2D eigenvalue weighted by atomic mass is 10.3. The van der Waals surface area contributed by atoms with Crippen molar-refractivity contribution in [1.29, 1.82) is 0 Å². The van der Waals surface area contributed by atoms with Gasteiger partial charge < -0.3 is 9.84 Å². The topological polar surface area (TPSA) is 68.0 Å². The number of aromatic nitrogens is 2. The summed E-state index contributed by atoms with van der Waals surface area (Å²) in [5, 5.41) is 6.72. The molecule has 1 unspecified atom stereocenters. The summed E-state index contributed by atoms with van der Waals surface area (Å²) in [5.74, 6) is 0.801. The molecule has 1 atom stereocenters. The molecule has 5 nitrogen and oxygen atoms in total. The molecule has 0 aliphatic heterocycles. The summed E-state index contributed by atoms with van der Waals surface area (Å²) in [6.45, 7) is 1.98. The van der Waals surface area contributed by atoms with Crippen LogP contribution in [0.4, 0.5) is 5.69 Å². The monoisotopic (exact) mass is 277 g/mol. The van der Waals surface area contributed by atoms with Crippen LogP contribution >= 0.6 is 11.8 Å². The van der Waals surface area contributed by atoms with Gasteiger partial charge in [-0.3, -0.25) is 4.79 Å². The third-order valence-corrected chi connectivity index (χ3v) is 3.47. The standard InChI is InChI=1S/C13H15N3O2S/c1-9(19-2)13-15-11(16-18-13)8-12(17)14-10-6-4-3-5-7-10/h3-7,9H,8H2,1-2H3,(H,14,17). The van der Waals surface area contributed by atoms with Gasteiger partial charge in [-0.2, -0.15) is 16.7 Å². The van der Waals surface area contributed by atoms with Crippen LogP contribution in [0.15, 0.2) is 34.9 Å². The first-order valence-corrected chi connectivity index (χ1v) is 7.18. The Hall–Kier alpha value is -1.82. The number of thioether (sulfide) groups is 1. The van der Waals surface area contributed by atoms with Gasteiger partial charge in [0.2, 0.25) is 11.8 Å². The maximum absolute atomic E-state index is 11.8. The minimum atomic E-state index is -0.157. The molecular formula is C13H15N3O2S. The number of hydrogen-bond acceptors (Lipinski definition) is 5. The van der Waals surface area contributed by atoms with Crippen molar-refractivity contribution in [2.75, 3.05) is 11.6 Å². The fourth-order valence-corrected chi connectivity index (χ4v) is 1.77. The quantitative estimate of drug-likeness (QED) is 0.910. The van der Waals surface area contributed by atoms with Crippen molar-refractivity contribution in [1.82, 2.24) is 10.1 Å². The average Bonchev–Trinajstić information content (AvgIpc) is 2.87. The Morgan fingerprint density at radius 1 is 1.42 bits per heavy atom. The number of carbonyl (C=O) groups is 1. The van der Waals surface area contributed by atoms with Crippen LogP contribution in [-0.2, 0) is 11.2 Å². The number of amides is 1. The predicted octanol–water partition coefficient (Wildman–Crippen LogP) is 2.67. The highest BCUT2D eigenvalue weighted by molar-refractivity contribution is 7.98. The van der Waals surface area contributed by atoms with E-state index < -0.39 is 0 Å². The van der Waals surface area contributed by atoms with Gasteiger partial charge in [0.05, 0.1) is 11.7 Å². The number of benzene rings is 1. The summed E-state index contributed by atoms with van der Waals surface area (Å²) < 4.78 is 5.11. The van der Waals surface area contributed by atoms with Crippen molar-refractivity contribution in [3.8, 4) is 0 Å². The van der Waals surface area contributed by atoms with Crippen LogP contribution in [0, 0.1) is 0 Å². The second-order valence-corrected chi connectivity index (χ2v) is 5.20. The van der Waals surface area contributed by atoms with Crippen LogP contribution in [0.5, 0.6) is 0 Å². The largest absolute Gasteiger partial charge is 0.338 e. The Labute approximate surface area is 115 Å². The maximum atomic E-state index is 11.8. The second-order valence-electron chi connectivity index (χ2n) is 4.02. The second kappa shape index (κ2) is 6.38. The van der Waals surface area contributed by atoms with E-state index in [1.54, 1.807) is 11.8 Å². The van der Waals surface area contributed by atoms with Crippen LogP contribution < -0.4 is 5.32 Å². The third-order valence-electron chi connectivity index (χ3n) is 2.56. The Bertz CT molecular complexity index is 542. The van der Waals surface area contributed by atoms with E-state index in [9.17, 15) is 4.79 Å². The summed E-state index contributed by atoms with van der Waals surface area (Å²) in [4.78, 5) is 16.0. The van der Waals surface area contributed by atoms with Crippen LogP contribution in [-0.4, -0.2) is 22.3 Å². The molecule has 6 heteroatoms. The van der Waals surface area contributed by atoms with Crippen molar-refractivity contribution < 1.29 is 9.32 Å². The molecule has 1 heterocycles. The third kappa shape index (κ3) is 3.82. The van der Waals surface area contributed by atoms with Gasteiger partial charge in [-0.15, -0.1) is 0 Å². The van der Waals surface area contributed by atoms with Crippen molar-refractivity contribution in [2.45, 2.75) is 18.6 Å².